The van der Waals surface area contributed by atoms with Gasteiger partial charge in [-0.05, 0) is 24.6 Å². The van der Waals surface area contributed by atoms with Gasteiger partial charge in [-0.2, -0.15) is 0 Å². The summed E-state index contributed by atoms with van der Waals surface area (Å²) in [5.74, 6) is 3.80. The van der Waals surface area contributed by atoms with Crippen LogP contribution in [0.15, 0.2) is 18.2 Å². The summed E-state index contributed by atoms with van der Waals surface area (Å²) in [4.78, 5) is 12.0. The molecule has 0 aliphatic rings. The molecule has 2 rings (SSSR count). The minimum absolute atomic E-state index is 0.131. The molecule has 1 aromatic heterocycles. The SMILES string of the molecule is CCc1nnc(NC(=O)c2cc(C#CCO)ccc2F)s1. The summed E-state index contributed by atoms with van der Waals surface area (Å²) in [7, 11) is 0. The van der Waals surface area contributed by atoms with Crippen LogP contribution < -0.4 is 5.32 Å². The van der Waals surface area contributed by atoms with Crippen molar-refractivity contribution >= 4 is 22.4 Å². The van der Waals surface area contributed by atoms with Gasteiger partial charge in [-0.25, -0.2) is 4.39 Å². The maximum Gasteiger partial charge on any atom is 0.260 e. The highest BCUT2D eigenvalue weighted by molar-refractivity contribution is 7.15. The lowest BCUT2D eigenvalue weighted by Gasteiger charge is -2.03. The quantitative estimate of drug-likeness (QED) is 0.849. The average Bonchev–Trinajstić information content (AvgIpc) is 2.94. The molecule has 0 bridgehead atoms. The Morgan fingerprint density at radius 3 is 2.95 bits per heavy atom. The molecule has 0 fully saturated rings. The molecular weight excluding hydrogens is 293 g/mol. The molecular formula is C14H12FN3O2S. The number of nitrogens with one attached hydrogen (secondary N) is 1. The van der Waals surface area contributed by atoms with E-state index in [1.54, 1.807) is 0 Å². The van der Waals surface area contributed by atoms with E-state index in [1.807, 2.05) is 6.92 Å². The first kappa shape index (κ1) is 15.1. The van der Waals surface area contributed by atoms with Gasteiger partial charge in [0.25, 0.3) is 5.91 Å². The van der Waals surface area contributed by atoms with Crippen molar-refractivity contribution < 1.29 is 14.3 Å². The summed E-state index contributed by atoms with van der Waals surface area (Å²) in [5.41, 5.74) is 0.315. The minimum Gasteiger partial charge on any atom is -0.384 e. The molecule has 0 atom stereocenters. The van der Waals surface area contributed by atoms with Crippen LogP contribution in [0, 0.1) is 17.7 Å². The Kier molecular flexibility index (Phi) is 4.98. The van der Waals surface area contributed by atoms with E-state index in [4.69, 9.17) is 5.11 Å². The number of aryl methyl sites for hydroxylation is 1. The van der Waals surface area contributed by atoms with Crippen molar-refractivity contribution in [3.05, 3.63) is 40.2 Å². The van der Waals surface area contributed by atoms with Crippen molar-refractivity contribution in [1.29, 1.82) is 0 Å². The molecule has 0 unspecified atom stereocenters. The van der Waals surface area contributed by atoms with Crippen LogP contribution in [-0.2, 0) is 6.42 Å². The number of anilines is 1. The number of carbonyl (C=O) groups excluding carboxylic acids is 1. The van der Waals surface area contributed by atoms with Crippen molar-refractivity contribution in [2.75, 3.05) is 11.9 Å². The Balaban J connectivity index is 2.21. The number of nitrogens with zero attached hydrogens (tertiary/aromatic N) is 2. The monoisotopic (exact) mass is 305 g/mol. The Bertz CT molecular complexity index is 718. The summed E-state index contributed by atoms with van der Waals surface area (Å²) < 4.78 is 13.7. The topological polar surface area (TPSA) is 75.1 Å². The van der Waals surface area contributed by atoms with Gasteiger partial charge < -0.3 is 5.11 Å². The molecule has 1 aromatic carbocycles. The molecule has 0 aliphatic heterocycles. The summed E-state index contributed by atoms with van der Waals surface area (Å²) in [6.45, 7) is 1.62. The van der Waals surface area contributed by atoms with Gasteiger partial charge in [0.15, 0.2) is 0 Å². The van der Waals surface area contributed by atoms with E-state index in [9.17, 15) is 9.18 Å². The molecule has 0 spiro atoms. The summed E-state index contributed by atoms with van der Waals surface area (Å²) in [6, 6.07) is 3.93. The summed E-state index contributed by atoms with van der Waals surface area (Å²) in [6.07, 6.45) is 0.716. The van der Waals surface area contributed by atoms with Crippen molar-refractivity contribution in [3.8, 4) is 11.8 Å². The zero-order valence-electron chi connectivity index (χ0n) is 11.2. The van der Waals surface area contributed by atoms with Crippen LogP contribution in [0.1, 0.15) is 27.9 Å². The second-order valence-corrected chi connectivity index (χ2v) is 5.03. The van der Waals surface area contributed by atoms with Gasteiger partial charge in [-0.1, -0.05) is 30.1 Å². The van der Waals surface area contributed by atoms with Crippen LogP contribution in [0.25, 0.3) is 0 Å². The lowest BCUT2D eigenvalue weighted by atomic mass is 10.1. The number of aromatic nitrogens is 2. The van der Waals surface area contributed by atoms with E-state index < -0.39 is 11.7 Å². The fourth-order valence-electron chi connectivity index (χ4n) is 1.53. The van der Waals surface area contributed by atoms with Crippen molar-refractivity contribution in [2.45, 2.75) is 13.3 Å². The average molecular weight is 305 g/mol. The molecule has 7 heteroatoms. The molecule has 108 valence electrons. The molecule has 0 radical (unpaired) electrons. The highest BCUT2D eigenvalue weighted by Gasteiger charge is 2.14. The minimum atomic E-state index is -0.651. The number of aliphatic hydroxyl groups excluding tert-OH is 1. The highest BCUT2D eigenvalue weighted by atomic mass is 32.1. The van der Waals surface area contributed by atoms with Crippen molar-refractivity contribution in [1.82, 2.24) is 10.2 Å². The number of hydrogen-bond acceptors (Lipinski definition) is 5. The molecule has 2 aromatic rings. The van der Waals surface area contributed by atoms with Gasteiger partial charge in [-0.15, -0.1) is 10.2 Å². The van der Waals surface area contributed by atoms with Gasteiger partial charge in [0.1, 0.15) is 17.4 Å². The third kappa shape index (κ3) is 3.84. The van der Waals surface area contributed by atoms with E-state index in [2.05, 4.69) is 27.4 Å². The van der Waals surface area contributed by atoms with E-state index in [-0.39, 0.29) is 12.2 Å². The van der Waals surface area contributed by atoms with Crippen LogP contribution in [-0.4, -0.2) is 27.8 Å². The molecule has 21 heavy (non-hydrogen) atoms. The molecule has 0 saturated heterocycles. The van der Waals surface area contributed by atoms with Crippen LogP contribution in [0.5, 0.6) is 0 Å². The Hall–Kier alpha value is -2.30. The summed E-state index contributed by atoms with van der Waals surface area (Å²) >= 11 is 1.24. The van der Waals surface area contributed by atoms with Gasteiger partial charge in [-0.3, -0.25) is 10.1 Å². The van der Waals surface area contributed by atoms with Crippen LogP contribution in [0.3, 0.4) is 0 Å². The maximum absolute atomic E-state index is 13.7. The first-order valence-electron chi connectivity index (χ1n) is 6.17. The van der Waals surface area contributed by atoms with Crippen LogP contribution in [0.4, 0.5) is 9.52 Å². The first-order chi connectivity index (χ1) is 10.1. The molecule has 0 saturated carbocycles. The second-order valence-electron chi connectivity index (χ2n) is 3.96. The van der Waals surface area contributed by atoms with Gasteiger partial charge in [0.2, 0.25) is 5.13 Å². The van der Waals surface area contributed by atoms with E-state index in [0.29, 0.717) is 17.1 Å². The molecule has 5 nitrogen and oxygen atoms in total. The highest BCUT2D eigenvalue weighted by Crippen LogP contribution is 2.18. The Labute approximate surface area is 124 Å². The van der Waals surface area contributed by atoms with Gasteiger partial charge in [0, 0.05) is 5.56 Å². The van der Waals surface area contributed by atoms with Crippen molar-refractivity contribution in [2.24, 2.45) is 0 Å². The zero-order chi connectivity index (χ0) is 15.2. The molecule has 0 aliphatic carbocycles. The smallest absolute Gasteiger partial charge is 0.260 e. The van der Waals surface area contributed by atoms with Gasteiger partial charge in [0.05, 0.1) is 5.56 Å². The predicted molar refractivity (Wildman–Crippen MR) is 77.6 cm³/mol. The number of halogens is 1. The first-order valence-corrected chi connectivity index (χ1v) is 6.98. The summed E-state index contributed by atoms with van der Waals surface area (Å²) in [5, 5.41) is 19.9. The van der Waals surface area contributed by atoms with Crippen molar-refractivity contribution in [3.63, 3.8) is 0 Å². The third-order valence-corrected chi connectivity index (χ3v) is 3.50. The van der Waals surface area contributed by atoms with Gasteiger partial charge >= 0.3 is 0 Å². The Morgan fingerprint density at radius 2 is 2.29 bits per heavy atom. The predicted octanol–water partition coefficient (Wildman–Crippen LogP) is 1.84. The Morgan fingerprint density at radius 1 is 1.48 bits per heavy atom. The fraction of sp³-hybridized carbons (Fsp3) is 0.214. The fourth-order valence-corrected chi connectivity index (χ4v) is 2.20. The van der Waals surface area contributed by atoms with E-state index in [1.165, 1.54) is 23.5 Å². The number of aliphatic hydroxyl groups is 1. The number of rotatable bonds is 3. The number of amides is 1. The normalized spacial score (nSPS) is 9.86. The second kappa shape index (κ2) is 6.92. The molecule has 1 heterocycles. The van der Waals surface area contributed by atoms with Crippen LogP contribution >= 0.6 is 11.3 Å². The maximum atomic E-state index is 13.7. The molecule has 2 N–H and O–H groups in total. The third-order valence-electron chi connectivity index (χ3n) is 2.51. The van der Waals surface area contributed by atoms with Crippen LogP contribution in [0.2, 0.25) is 0 Å². The van der Waals surface area contributed by atoms with E-state index >= 15 is 0 Å². The lowest BCUT2D eigenvalue weighted by molar-refractivity contribution is 0.102. The molecule has 1 amide bonds. The zero-order valence-corrected chi connectivity index (χ0v) is 12.0. The number of benzene rings is 1. The largest absolute Gasteiger partial charge is 0.384 e. The number of hydrogen-bond donors (Lipinski definition) is 2. The standard InChI is InChI=1S/C14H12FN3O2S/c1-2-12-17-18-14(21-12)16-13(20)10-8-9(4-3-7-19)5-6-11(10)15/h5-6,8,19H,2,7H2,1H3,(H,16,18,20). The lowest BCUT2D eigenvalue weighted by Crippen LogP contribution is -2.13. The van der Waals surface area contributed by atoms with E-state index in [0.717, 1.165) is 11.1 Å². The number of carbonyl (C=O) groups is 1.